The van der Waals surface area contributed by atoms with Crippen molar-refractivity contribution in [3.8, 4) is 0 Å². The first-order valence-corrected chi connectivity index (χ1v) is 27.2. The second kappa shape index (κ2) is 45.2. The Hall–Kier alpha value is -1.59. The van der Waals surface area contributed by atoms with E-state index in [1.807, 2.05) is 6.08 Å². The van der Waals surface area contributed by atoms with E-state index in [4.69, 9.17) is 9.47 Å². The first-order chi connectivity index (χ1) is 31.3. The summed E-state index contributed by atoms with van der Waals surface area (Å²) in [7, 11) is 0. The summed E-state index contributed by atoms with van der Waals surface area (Å²) in [6.45, 7) is 3.75. The van der Waals surface area contributed by atoms with Crippen LogP contribution in [0.2, 0.25) is 0 Å². The molecule has 1 amide bonds. The fourth-order valence-corrected chi connectivity index (χ4v) is 8.58. The smallest absolute Gasteiger partial charge is 0.220 e. The molecule has 0 radical (unpaired) electrons. The molecule has 7 atom stereocenters. The summed E-state index contributed by atoms with van der Waals surface area (Å²) in [5.74, 6) is -0.185. The van der Waals surface area contributed by atoms with Crippen LogP contribution < -0.4 is 5.32 Å². The Morgan fingerprint density at radius 3 is 1.31 bits per heavy atom. The second-order valence-corrected chi connectivity index (χ2v) is 19.0. The molecule has 9 nitrogen and oxygen atoms in total. The lowest BCUT2D eigenvalue weighted by Gasteiger charge is -2.40. The van der Waals surface area contributed by atoms with Crippen LogP contribution in [0.1, 0.15) is 251 Å². The first-order valence-electron chi connectivity index (χ1n) is 27.2. The van der Waals surface area contributed by atoms with Gasteiger partial charge in [0.05, 0.1) is 25.4 Å². The first kappa shape index (κ1) is 60.4. The van der Waals surface area contributed by atoms with Gasteiger partial charge in [-0.25, -0.2) is 0 Å². The number of allylic oxidation sites excluding steroid dienone is 5. The molecule has 0 bridgehead atoms. The van der Waals surface area contributed by atoms with E-state index in [0.717, 1.165) is 38.5 Å². The summed E-state index contributed by atoms with van der Waals surface area (Å²) < 4.78 is 11.2. The van der Waals surface area contributed by atoms with Crippen LogP contribution in [0.25, 0.3) is 0 Å². The Kier molecular flexibility index (Phi) is 42.7. The molecule has 7 unspecified atom stereocenters. The van der Waals surface area contributed by atoms with Crippen molar-refractivity contribution >= 4 is 5.91 Å². The van der Waals surface area contributed by atoms with Crippen LogP contribution in [0.4, 0.5) is 0 Å². The van der Waals surface area contributed by atoms with Gasteiger partial charge in [0, 0.05) is 6.42 Å². The molecule has 0 aliphatic carbocycles. The van der Waals surface area contributed by atoms with Crippen molar-refractivity contribution in [3.05, 3.63) is 36.5 Å². The third kappa shape index (κ3) is 34.7. The van der Waals surface area contributed by atoms with E-state index in [9.17, 15) is 30.3 Å². The maximum absolute atomic E-state index is 13.0. The van der Waals surface area contributed by atoms with Crippen molar-refractivity contribution in [1.82, 2.24) is 5.32 Å². The largest absolute Gasteiger partial charge is 0.394 e. The van der Waals surface area contributed by atoms with Crippen LogP contribution in [0.5, 0.6) is 0 Å². The summed E-state index contributed by atoms with van der Waals surface area (Å²) in [6.07, 6.45) is 50.8. The summed E-state index contributed by atoms with van der Waals surface area (Å²) in [5.41, 5.74) is 0. The van der Waals surface area contributed by atoms with E-state index in [1.54, 1.807) is 6.08 Å². The van der Waals surface area contributed by atoms with Crippen LogP contribution in [-0.2, 0) is 14.3 Å². The Morgan fingerprint density at radius 1 is 0.516 bits per heavy atom. The lowest BCUT2D eigenvalue weighted by molar-refractivity contribution is -0.302. The molecule has 0 saturated carbocycles. The zero-order valence-electron chi connectivity index (χ0n) is 41.5. The molecular weight excluding hydrogens is 803 g/mol. The van der Waals surface area contributed by atoms with Crippen LogP contribution >= 0.6 is 0 Å². The molecule has 0 spiro atoms. The number of hydrogen-bond acceptors (Lipinski definition) is 8. The molecule has 64 heavy (non-hydrogen) atoms. The normalized spacial score (nSPS) is 20.3. The van der Waals surface area contributed by atoms with Gasteiger partial charge in [0.2, 0.25) is 5.91 Å². The molecule has 9 heteroatoms. The van der Waals surface area contributed by atoms with E-state index < -0.39 is 49.5 Å². The summed E-state index contributed by atoms with van der Waals surface area (Å²) >= 11 is 0. The SMILES string of the molecule is CCCCCCCC/C=C/CC/C=C/C(O)C(COC1OC(CO)C(O)C(O)C1O)NC(=O)CCCCCCCCCCCCCCCCCCC/C=C\CCCCCCCCCC. The number of carbonyl (C=O) groups excluding carboxylic acids is 1. The zero-order valence-corrected chi connectivity index (χ0v) is 41.5. The lowest BCUT2D eigenvalue weighted by atomic mass is 9.99. The summed E-state index contributed by atoms with van der Waals surface area (Å²) in [4.78, 5) is 13.0. The van der Waals surface area contributed by atoms with Gasteiger partial charge in [-0.2, -0.15) is 0 Å². The molecule has 1 heterocycles. The van der Waals surface area contributed by atoms with Crippen molar-refractivity contribution in [1.29, 1.82) is 0 Å². The van der Waals surface area contributed by atoms with Gasteiger partial charge in [-0.15, -0.1) is 0 Å². The molecule has 6 N–H and O–H groups in total. The van der Waals surface area contributed by atoms with E-state index in [0.29, 0.717) is 6.42 Å². The Balaban J connectivity index is 2.16. The third-order valence-electron chi connectivity index (χ3n) is 12.9. The molecular formula is C55H103NO8. The fourth-order valence-electron chi connectivity index (χ4n) is 8.58. The number of aliphatic hydroxyl groups excluding tert-OH is 5. The summed E-state index contributed by atoms with van der Waals surface area (Å²) in [6, 6.07) is -0.818. The van der Waals surface area contributed by atoms with Crippen LogP contribution in [0, 0.1) is 0 Å². The van der Waals surface area contributed by atoms with Gasteiger partial charge >= 0.3 is 0 Å². The van der Waals surface area contributed by atoms with Gasteiger partial charge in [0.1, 0.15) is 24.4 Å². The second-order valence-electron chi connectivity index (χ2n) is 19.0. The number of carbonyl (C=O) groups is 1. The Morgan fingerprint density at radius 2 is 0.891 bits per heavy atom. The van der Waals surface area contributed by atoms with Gasteiger partial charge in [0.15, 0.2) is 6.29 Å². The van der Waals surface area contributed by atoms with Crippen molar-refractivity contribution in [3.63, 3.8) is 0 Å². The minimum absolute atomic E-state index is 0.185. The number of nitrogens with one attached hydrogen (secondary N) is 1. The molecule has 1 fully saturated rings. The molecule has 0 aromatic heterocycles. The molecule has 0 aromatic carbocycles. The molecule has 1 aliphatic rings. The maximum Gasteiger partial charge on any atom is 0.220 e. The Bertz CT molecular complexity index is 1100. The number of ether oxygens (including phenoxy) is 2. The van der Waals surface area contributed by atoms with E-state index in [1.165, 1.54) is 193 Å². The molecule has 1 rings (SSSR count). The fraction of sp³-hybridized carbons (Fsp3) is 0.873. The van der Waals surface area contributed by atoms with Crippen LogP contribution in [-0.4, -0.2) is 87.5 Å². The van der Waals surface area contributed by atoms with Crippen LogP contribution in [0.15, 0.2) is 36.5 Å². The molecule has 376 valence electrons. The maximum atomic E-state index is 13.0. The number of hydrogen-bond donors (Lipinski definition) is 6. The van der Waals surface area contributed by atoms with Gasteiger partial charge in [-0.3, -0.25) is 4.79 Å². The van der Waals surface area contributed by atoms with Crippen molar-refractivity contribution in [2.24, 2.45) is 0 Å². The van der Waals surface area contributed by atoms with Gasteiger partial charge in [0.25, 0.3) is 0 Å². The quantitative estimate of drug-likeness (QED) is 0.0261. The van der Waals surface area contributed by atoms with Gasteiger partial charge in [-0.1, -0.05) is 224 Å². The van der Waals surface area contributed by atoms with E-state index in [-0.39, 0.29) is 12.5 Å². The average Bonchev–Trinajstić information content (AvgIpc) is 3.29. The van der Waals surface area contributed by atoms with Crippen LogP contribution in [0.3, 0.4) is 0 Å². The molecule has 0 aromatic rings. The predicted molar refractivity (Wildman–Crippen MR) is 267 cm³/mol. The minimum atomic E-state index is -1.57. The average molecular weight is 906 g/mol. The molecule has 1 aliphatic heterocycles. The number of unbranched alkanes of at least 4 members (excludes halogenated alkanes) is 32. The molecule has 1 saturated heterocycles. The highest BCUT2D eigenvalue weighted by atomic mass is 16.7. The van der Waals surface area contributed by atoms with Gasteiger partial charge < -0.3 is 40.3 Å². The number of aliphatic hydroxyl groups is 5. The van der Waals surface area contributed by atoms with Gasteiger partial charge in [-0.05, 0) is 57.8 Å². The van der Waals surface area contributed by atoms with Crippen molar-refractivity contribution in [2.45, 2.75) is 294 Å². The van der Waals surface area contributed by atoms with Crippen molar-refractivity contribution < 1.29 is 39.8 Å². The summed E-state index contributed by atoms with van der Waals surface area (Å²) in [5, 5.41) is 54.2. The highest BCUT2D eigenvalue weighted by molar-refractivity contribution is 5.76. The zero-order chi connectivity index (χ0) is 46.6. The Labute approximate surface area is 393 Å². The monoisotopic (exact) mass is 906 g/mol. The third-order valence-corrected chi connectivity index (χ3v) is 12.9. The predicted octanol–water partition coefficient (Wildman–Crippen LogP) is 12.8. The topological polar surface area (TPSA) is 149 Å². The van der Waals surface area contributed by atoms with E-state index >= 15 is 0 Å². The van der Waals surface area contributed by atoms with Crippen molar-refractivity contribution in [2.75, 3.05) is 13.2 Å². The number of amides is 1. The highest BCUT2D eigenvalue weighted by Gasteiger charge is 2.44. The van der Waals surface area contributed by atoms with E-state index in [2.05, 4.69) is 43.5 Å². The lowest BCUT2D eigenvalue weighted by Crippen LogP contribution is -2.60. The standard InChI is InChI=1S/C55H103NO8/c1-3-5-7-9-11-13-15-17-18-19-20-21-22-23-24-25-26-27-28-29-30-31-32-33-35-37-39-41-43-45-51(59)56-48(47-63-55-54(62)53(61)52(60)50(46-57)64-55)49(58)44-42-40-38-36-34-16-14-12-10-8-6-4-2/h19-20,34,36,42,44,48-50,52-55,57-58,60-62H,3-18,21-33,35,37-41,43,45-47H2,1-2H3,(H,56,59)/b20-19-,36-34+,44-42+. The number of rotatable bonds is 46. The highest BCUT2D eigenvalue weighted by Crippen LogP contribution is 2.23. The minimum Gasteiger partial charge on any atom is -0.394 e.